The van der Waals surface area contributed by atoms with E-state index in [4.69, 9.17) is 10.5 Å². The van der Waals surface area contributed by atoms with E-state index in [2.05, 4.69) is 0 Å². The van der Waals surface area contributed by atoms with Crippen LogP contribution in [0, 0.1) is 5.82 Å². The normalized spacial score (nSPS) is 10.2. The molecule has 1 rings (SSSR count). The topological polar surface area (TPSA) is 35.2 Å². The Balaban J connectivity index is 3.25. The van der Waals surface area contributed by atoms with E-state index >= 15 is 0 Å². The first kappa shape index (κ1) is 9.99. The van der Waals surface area contributed by atoms with Gasteiger partial charge in [0.15, 0.2) is 0 Å². The van der Waals surface area contributed by atoms with Gasteiger partial charge in [-0.2, -0.15) is 0 Å². The number of nitrogens with two attached hydrogens (primary N) is 1. The van der Waals surface area contributed by atoms with Crippen molar-refractivity contribution in [3.05, 3.63) is 29.1 Å². The molecule has 0 aliphatic heterocycles. The molecular formula is C10H14FNO. The van der Waals surface area contributed by atoms with Crippen LogP contribution in [0.15, 0.2) is 12.1 Å². The van der Waals surface area contributed by atoms with Gasteiger partial charge >= 0.3 is 0 Å². The lowest BCUT2D eigenvalue weighted by molar-refractivity contribution is 0.405. The third-order valence-corrected chi connectivity index (χ3v) is 2.06. The Hall–Kier alpha value is -1.09. The second kappa shape index (κ2) is 4.23. The summed E-state index contributed by atoms with van der Waals surface area (Å²) in [6, 6.07) is 2.85. The lowest BCUT2D eigenvalue weighted by Gasteiger charge is -2.11. The number of hydrogen-bond donors (Lipinski definition) is 1. The van der Waals surface area contributed by atoms with Crippen LogP contribution in [0.5, 0.6) is 5.75 Å². The van der Waals surface area contributed by atoms with Gasteiger partial charge in [-0.3, -0.25) is 0 Å². The van der Waals surface area contributed by atoms with Gasteiger partial charge in [-0.1, -0.05) is 6.92 Å². The van der Waals surface area contributed by atoms with Crippen molar-refractivity contribution in [1.29, 1.82) is 0 Å². The lowest BCUT2D eigenvalue weighted by Crippen LogP contribution is -2.04. The standard InChI is InChI=1S/C10H14FNO/c1-3-9-7(6-12)4-8(11)5-10(9)13-2/h4-5H,3,6,12H2,1-2H3. The van der Waals surface area contributed by atoms with Gasteiger partial charge in [0.2, 0.25) is 0 Å². The minimum Gasteiger partial charge on any atom is -0.496 e. The zero-order chi connectivity index (χ0) is 9.84. The summed E-state index contributed by atoms with van der Waals surface area (Å²) in [6.45, 7) is 2.34. The van der Waals surface area contributed by atoms with Gasteiger partial charge in [-0.05, 0) is 23.6 Å². The molecule has 1 aromatic carbocycles. The molecule has 13 heavy (non-hydrogen) atoms. The van der Waals surface area contributed by atoms with E-state index < -0.39 is 0 Å². The summed E-state index contributed by atoms with van der Waals surface area (Å²) in [4.78, 5) is 0. The molecule has 2 N–H and O–H groups in total. The maximum absolute atomic E-state index is 13.0. The molecule has 3 heteroatoms. The quantitative estimate of drug-likeness (QED) is 0.776. The minimum atomic E-state index is -0.297. The van der Waals surface area contributed by atoms with E-state index in [0.29, 0.717) is 12.3 Å². The lowest BCUT2D eigenvalue weighted by atomic mass is 10.0. The summed E-state index contributed by atoms with van der Waals surface area (Å²) >= 11 is 0. The van der Waals surface area contributed by atoms with Crippen molar-refractivity contribution in [3.63, 3.8) is 0 Å². The maximum atomic E-state index is 13.0. The van der Waals surface area contributed by atoms with Crippen molar-refractivity contribution in [2.45, 2.75) is 19.9 Å². The second-order valence-electron chi connectivity index (χ2n) is 2.80. The first-order valence-corrected chi connectivity index (χ1v) is 4.28. The molecular weight excluding hydrogens is 169 g/mol. The molecule has 0 atom stereocenters. The number of halogens is 1. The predicted octanol–water partition coefficient (Wildman–Crippen LogP) is 1.86. The SMILES string of the molecule is CCc1c(CN)cc(F)cc1OC. The molecule has 2 nitrogen and oxygen atoms in total. The Labute approximate surface area is 77.5 Å². The van der Waals surface area contributed by atoms with Crippen molar-refractivity contribution in [2.24, 2.45) is 5.73 Å². The highest BCUT2D eigenvalue weighted by molar-refractivity contribution is 5.40. The maximum Gasteiger partial charge on any atom is 0.127 e. The summed E-state index contributed by atoms with van der Waals surface area (Å²) in [6.07, 6.45) is 0.802. The van der Waals surface area contributed by atoms with Crippen molar-refractivity contribution in [2.75, 3.05) is 7.11 Å². The Bertz CT molecular complexity index is 274. The van der Waals surface area contributed by atoms with Crippen LogP contribution >= 0.6 is 0 Å². The molecule has 0 bridgehead atoms. The zero-order valence-electron chi connectivity index (χ0n) is 7.93. The molecule has 0 saturated heterocycles. The van der Waals surface area contributed by atoms with Gasteiger partial charge in [0.05, 0.1) is 7.11 Å². The summed E-state index contributed by atoms with van der Waals surface area (Å²) in [7, 11) is 1.54. The summed E-state index contributed by atoms with van der Waals surface area (Å²) in [5.41, 5.74) is 7.31. The summed E-state index contributed by atoms with van der Waals surface area (Å²) < 4.78 is 18.0. The van der Waals surface area contributed by atoms with Gasteiger partial charge in [0.1, 0.15) is 11.6 Å². The highest BCUT2D eigenvalue weighted by Crippen LogP contribution is 2.24. The van der Waals surface area contributed by atoms with Gasteiger partial charge in [-0.25, -0.2) is 4.39 Å². The molecule has 0 aliphatic rings. The fourth-order valence-electron chi connectivity index (χ4n) is 1.43. The van der Waals surface area contributed by atoms with Gasteiger partial charge in [0.25, 0.3) is 0 Å². The van der Waals surface area contributed by atoms with E-state index in [1.165, 1.54) is 19.2 Å². The first-order valence-electron chi connectivity index (χ1n) is 4.28. The largest absolute Gasteiger partial charge is 0.496 e. The monoisotopic (exact) mass is 183 g/mol. The second-order valence-corrected chi connectivity index (χ2v) is 2.80. The van der Waals surface area contributed by atoms with Crippen LogP contribution in [0.25, 0.3) is 0 Å². The van der Waals surface area contributed by atoms with Gasteiger partial charge < -0.3 is 10.5 Å². The van der Waals surface area contributed by atoms with Crippen molar-refractivity contribution in [1.82, 2.24) is 0 Å². The van der Waals surface area contributed by atoms with Crippen LogP contribution in [-0.4, -0.2) is 7.11 Å². The third-order valence-electron chi connectivity index (χ3n) is 2.06. The number of methoxy groups -OCH3 is 1. The Morgan fingerprint density at radius 2 is 2.15 bits per heavy atom. The number of rotatable bonds is 3. The van der Waals surface area contributed by atoms with Crippen LogP contribution in [0.3, 0.4) is 0 Å². The molecule has 0 fully saturated rings. The van der Waals surface area contributed by atoms with Gasteiger partial charge in [-0.15, -0.1) is 0 Å². The van der Waals surface area contributed by atoms with E-state index in [0.717, 1.165) is 17.5 Å². The highest BCUT2D eigenvalue weighted by atomic mass is 19.1. The van der Waals surface area contributed by atoms with Crippen molar-refractivity contribution in [3.8, 4) is 5.75 Å². The number of hydrogen-bond acceptors (Lipinski definition) is 2. The molecule has 0 aliphatic carbocycles. The number of benzene rings is 1. The van der Waals surface area contributed by atoms with Crippen molar-refractivity contribution >= 4 is 0 Å². The fraction of sp³-hybridized carbons (Fsp3) is 0.400. The highest BCUT2D eigenvalue weighted by Gasteiger charge is 2.08. The molecule has 0 heterocycles. The first-order chi connectivity index (χ1) is 6.22. The molecule has 0 radical (unpaired) electrons. The minimum absolute atomic E-state index is 0.297. The number of ether oxygens (including phenoxy) is 1. The molecule has 0 amide bonds. The van der Waals surface area contributed by atoms with Crippen LogP contribution < -0.4 is 10.5 Å². The molecule has 1 aromatic rings. The Morgan fingerprint density at radius 3 is 2.62 bits per heavy atom. The molecule has 0 unspecified atom stereocenters. The molecule has 0 spiro atoms. The van der Waals surface area contributed by atoms with E-state index in [1.807, 2.05) is 6.92 Å². The summed E-state index contributed by atoms with van der Waals surface area (Å²) in [5.74, 6) is 0.289. The smallest absolute Gasteiger partial charge is 0.127 e. The average Bonchev–Trinajstić information content (AvgIpc) is 2.16. The average molecular weight is 183 g/mol. The fourth-order valence-corrected chi connectivity index (χ4v) is 1.43. The van der Waals surface area contributed by atoms with E-state index in [9.17, 15) is 4.39 Å². The van der Waals surface area contributed by atoms with E-state index in [1.54, 1.807) is 0 Å². The summed E-state index contributed by atoms with van der Waals surface area (Å²) in [5, 5.41) is 0. The van der Waals surface area contributed by atoms with Crippen LogP contribution in [-0.2, 0) is 13.0 Å². The zero-order valence-corrected chi connectivity index (χ0v) is 7.93. The van der Waals surface area contributed by atoms with Crippen LogP contribution in [0.2, 0.25) is 0 Å². The van der Waals surface area contributed by atoms with Crippen LogP contribution in [0.1, 0.15) is 18.1 Å². The van der Waals surface area contributed by atoms with E-state index in [-0.39, 0.29) is 5.82 Å². The third kappa shape index (κ3) is 1.98. The molecule has 72 valence electrons. The molecule has 0 aromatic heterocycles. The van der Waals surface area contributed by atoms with Crippen molar-refractivity contribution < 1.29 is 9.13 Å². The van der Waals surface area contributed by atoms with Gasteiger partial charge in [0, 0.05) is 12.6 Å². The Morgan fingerprint density at radius 1 is 1.46 bits per heavy atom. The Kier molecular flexibility index (Phi) is 3.25. The predicted molar refractivity (Wildman–Crippen MR) is 50.2 cm³/mol. The van der Waals surface area contributed by atoms with Crippen LogP contribution in [0.4, 0.5) is 4.39 Å². The molecule has 0 saturated carbocycles.